The average molecular weight is 685 g/mol. The first-order valence-corrected chi connectivity index (χ1v) is 11.8. The summed E-state index contributed by atoms with van der Waals surface area (Å²) in [6.45, 7) is 15.3. The first-order chi connectivity index (χ1) is 13.1. The number of esters is 1. The minimum Gasteiger partial charge on any atom is -1.00 e. The summed E-state index contributed by atoms with van der Waals surface area (Å²) < 4.78 is 13.8. The molecule has 0 aromatic heterocycles. The Morgan fingerprint density at radius 2 is 1.28 bits per heavy atom. The van der Waals surface area contributed by atoms with Gasteiger partial charge in [-0.3, -0.25) is 9.59 Å². The summed E-state index contributed by atoms with van der Waals surface area (Å²) in [7, 11) is 3.11. The van der Waals surface area contributed by atoms with Gasteiger partial charge in [0.05, 0.1) is 44.3 Å². The molecule has 2 unspecified atom stereocenters. The SMILES string of the molecule is CC(Br)C(=O)Br.CC[NH+](CC)CC.COCCO.COCCOC(=O)C(C)Br.[Br-]. The van der Waals surface area contributed by atoms with Crippen LogP contribution in [-0.2, 0) is 23.8 Å². The number of aliphatic hydroxyl groups excluding tert-OH is 1. The summed E-state index contributed by atoms with van der Waals surface area (Å²) in [5, 5.41) is 7.94. The van der Waals surface area contributed by atoms with Crippen molar-refractivity contribution in [2.75, 3.05) is 60.3 Å². The van der Waals surface area contributed by atoms with Crippen LogP contribution >= 0.6 is 47.8 Å². The number of aliphatic hydroxyl groups is 1. The third kappa shape index (κ3) is 43.6. The van der Waals surface area contributed by atoms with Crippen molar-refractivity contribution in [2.45, 2.75) is 44.3 Å². The Morgan fingerprint density at radius 1 is 0.897 bits per heavy atom. The molecule has 0 amide bonds. The Labute approximate surface area is 212 Å². The molecule has 0 aliphatic rings. The molecule has 0 radical (unpaired) electrons. The molecule has 0 fully saturated rings. The van der Waals surface area contributed by atoms with Gasteiger partial charge in [-0.15, -0.1) is 0 Å². The Kier molecular flexibility index (Phi) is 46.6. The monoisotopic (exact) mass is 681 g/mol. The first kappa shape index (κ1) is 40.3. The minimum atomic E-state index is -0.253. The van der Waals surface area contributed by atoms with Crippen molar-refractivity contribution in [3.8, 4) is 0 Å². The van der Waals surface area contributed by atoms with E-state index in [0.29, 0.717) is 19.8 Å². The molecule has 0 saturated carbocycles. The highest BCUT2D eigenvalue weighted by atomic mass is 79.9. The van der Waals surface area contributed by atoms with Crippen LogP contribution in [0.15, 0.2) is 0 Å². The maximum Gasteiger partial charge on any atom is 0.319 e. The number of carbonyl (C=O) groups is 2. The second-order valence-electron chi connectivity index (χ2n) is 5.22. The molecule has 0 aliphatic heterocycles. The summed E-state index contributed by atoms with van der Waals surface area (Å²) in [5.74, 6) is -0.253. The smallest absolute Gasteiger partial charge is 0.319 e. The van der Waals surface area contributed by atoms with E-state index < -0.39 is 0 Å². The number of rotatable bonds is 10. The van der Waals surface area contributed by atoms with E-state index in [1.54, 1.807) is 33.0 Å². The van der Waals surface area contributed by atoms with E-state index in [1.165, 1.54) is 19.6 Å². The molecule has 0 spiro atoms. The maximum atomic E-state index is 10.7. The number of quaternary nitrogens is 1. The lowest BCUT2D eigenvalue weighted by atomic mass is 10.5. The number of hydrogen-bond donors (Lipinski definition) is 2. The van der Waals surface area contributed by atoms with Crippen molar-refractivity contribution in [3.63, 3.8) is 0 Å². The normalized spacial score (nSPS) is 11.2. The number of halogens is 4. The zero-order valence-corrected chi connectivity index (χ0v) is 24.9. The number of alkyl halides is 2. The molecule has 0 rings (SSSR count). The molecule has 29 heavy (non-hydrogen) atoms. The molecule has 2 atom stereocenters. The number of methoxy groups -OCH3 is 2. The van der Waals surface area contributed by atoms with E-state index >= 15 is 0 Å². The van der Waals surface area contributed by atoms with Crippen molar-refractivity contribution >= 4 is 58.5 Å². The standard InChI is InChI=1S/C6H11BrO3.C6H15N.C3H4Br2O.C3H8O2.BrH/c1-5(7)6(8)10-4-3-9-2;1-4-7(5-2)6-3;1-2(4)3(5)6;1-5-3-2-4;/h5H,3-4H2,1-2H3;4-6H2,1-3H3;2H,1H3;4H,2-3H2,1H3;1H. The zero-order chi connectivity index (χ0) is 23.0. The van der Waals surface area contributed by atoms with Crippen molar-refractivity contribution in [3.05, 3.63) is 0 Å². The van der Waals surface area contributed by atoms with Gasteiger partial charge in [0.15, 0.2) is 0 Å². The fourth-order valence-electron chi connectivity index (χ4n) is 1.18. The van der Waals surface area contributed by atoms with Crippen molar-refractivity contribution in [2.24, 2.45) is 0 Å². The molecule has 0 saturated heterocycles. The maximum absolute atomic E-state index is 10.7. The molecule has 0 bridgehead atoms. The molecular weight excluding hydrogens is 646 g/mol. The Balaban J connectivity index is -0.0000000904. The number of nitrogens with one attached hydrogen (secondary N) is 1. The van der Waals surface area contributed by atoms with Gasteiger partial charge in [0.2, 0.25) is 4.69 Å². The lowest BCUT2D eigenvalue weighted by Crippen LogP contribution is -3.11. The molecule has 11 heteroatoms. The van der Waals surface area contributed by atoms with Crippen molar-refractivity contribution in [1.82, 2.24) is 0 Å². The van der Waals surface area contributed by atoms with E-state index in [1.807, 2.05) is 0 Å². The van der Waals surface area contributed by atoms with E-state index in [-0.39, 0.29) is 43.9 Å². The predicted octanol–water partition coefficient (Wildman–Crippen LogP) is -0.789. The van der Waals surface area contributed by atoms with E-state index in [2.05, 4.69) is 78.0 Å². The lowest BCUT2D eigenvalue weighted by Gasteiger charge is -2.10. The number of carbonyl (C=O) groups excluding carboxylic acids is 2. The highest BCUT2D eigenvalue weighted by Gasteiger charge is 2.08. The molecule has 2 N–H and O–H groups in total. The number of hydrogen-bond acceptors (Lipinski definition) is 6. The molecular formula is C18H39Br4NO6. The summed E-state index contributed by atoms with van der Waals surface area (Å²) in [6.07, 6.45) is 0. The van der Waals surface area contributed by atoms with Gasteiger partial charge >= 0.3 is 5.97 Å². The molecule has 7 nitrogen and oxygen atoms in total. The van der Waals surface area contributed by atoms with Crippen LogP contribution in [0.2, 0.25) is 0 Å². The summed E-state index contributed by atoms with van der Waals surface area (Å²) in [6, 6.07) is 0. The van der Waals surface area contributed by atoms with Gasteiger partial charge < -0.3 is 41.2 Å². The van der Waals surface area contributed by atoms with Crippen molar-refractivity contribution in [1.29, 1.82) is 0 Å². The highest BCUT2D eigenvalue weighted by molar-refractivity contribution is 9.20. The van der Waals surface area contributed by atoms with E-state index in [0.717, 1.165) is 0 Å². The predicted molar refractivity (Wildman–Crippen MR) is 125 cm³/mol. The summed E-state index contributed by atoms with van der Waals surface area (Å²) in [5.41, 5.74) is 0. The Morgan fingerprint density at radius 3 is 1.41 bits per heavy atom. The van der Waals surface area contributed by atoms with Gasteiger partial charge in [-0.25, -0.2) is 0 Å². The van der Waals surface area contributed by atoms with Crippen LogP contribution in [0.1, 0.15) is 34.6 Å². The molecule has 0 aliphatic carbocycles. The molecule has 0 heterocycles. The van der Waals surface area contributed by atoms with Crippen LogP contribution in [0.25, 0.3) is 0 Å². The zero-order valence-electron chi connectivity index (χ0n) is 18.6. The quantitative estimate of drug-likeness (QED) is 0.136. The molecule has 0 aromatic carbocycles. The van der Waals surface area contributed by atoms with Crippen LogP contribution in [-0.4, -0.2) is 85.7 Å². The number of ether oxygens (including phenoxy) is 3. The van der Waals surface area contributed by atoms with Crippen LogP contribution in [0, 0.1) is 0 Å². The van der Waals surface area contributed by atoms with Crippen LogP contribution in [0.4, 0.5) is 0 Å². The van der Waals surface area contributed by atoms with Gasteiger partial charge in [-0.2, -0.15) is 0 Å². The first-order valence-electron chi connectivity index (χ1n) is 9.15. The average Bonchev–Trinajstić information content (AvgIpc) is 2.65. The van der Waals surface area contributed by atoms with Gasteiger partial charge in [0.25, 0.3) is 0 Å². The Bertz CT molecular complexity index is 326. The van der Waals surface area contributed by atoms with Crippen LogP contribution in [0.3, 0.4) is 0 Å². The van der Waals surface area contributed by atoms with Crippen LogP contribution in [0.5, 0.6) is 0 Å². The van der Waals surface area contributed by atoms with Gasteiger partial charge in [0, 0.05) is 14.2 Å². The van der Waals surface area contributed by atoms with E-state index in [9.17, 15) is 9.59 Å². The molecule has 0 aromatic rings. The fraction of sp³-hybridized carbons (Fsp3) is 0.889. The van der Waals surface area contributed by atoms with Gasteiger partial charge in [-0.05, 0) is 50.5 Å². The molecule has 180 valence electrons. The lowest BCUT2D eigenvalue weighted by molar-refractivity contribution is -0.894. The minimum absolute atomic E-state index is 0. The second-order valence-corrected chi connectivity index (χ2v) is 8.75. The Hall–Kier alpha value is 0.900. The van der Waals surface area contributed by atoms with Crippen molar-refractivity contribution < 1.29 is 50.8 Å². The van der Waals surface area contributed by atoms with Crippen LogP contribution < -0.4 is 21.9 Å². The summed E-state index contributed by atoms with van der Waals surface area (Å²) >= 11 is 8.87. The summed E-state index contributed by atoms with van der Waals surface area (Å²) in [4.78, 5) is 22.1. The third-order valence-corrected chi connectivity index (χ3v) is 5.06. The third-order valence-electron chi connectivity index (χ3n) is 2.96. The van der Waals surface area contributed by atoms with Gasteiger partial charge in [-0.1, -0.05) is 31.9 Å². The second kappa shape index (κ2) is 33.5. The topological polar surface area (TPSA) is 86.5 Å². The van der Waals surface area contributed by atoms with Gasteiger partial charge in [0.1, 0.15) is 11.4 Å². The highest BCUT2D eigenvalue weighted by Crippen LogP contribution is 2.02. The van der Waals surface area contributed by atoms with E-state index in [4.69, 9.17) is 9.84 Å². The fourth-order valence-corrected chi connectivity index (χ4v) is 1.31. The largest absolute Gasteiger partial charge is 1.00 e.